The number of aliphatic hydroxyl groups is 1. The number of hydrogen-bond donors (Lipinski definition) is 2. The van der Waals surface area contributed by atoms with E-state index in [2.05, 4.69) is 5.32 Å². The van der Waals surface area contributed by atoms with Crippen LogP contribution in [0.3, 0.4) is 0 Å². The number of hydrogen-bond acceptors (Lipinski definition) is 4. The molecule has 0 saturated carbocycles. The van der Waals surface area contributed by atoms with Gasteiger partial charge in [0.2, 0.25) is 0 Å². The molecule has 0 aliphatic rings. The lowest BCUT2D eigenvalue weighted by molar-refractivity contribution is -0.384. The Morgan fingerprint density at radius 2 is 2.26 bits per heavy atom. The molecule has 1 rings (SSSR count). The summed E-state index contributed by atoms with van der Waals surface area (Å²) in [6.45, 7) is 2.48. The summed E-state index contributed by atoms with van der Waals surface area (Å²) in [6.07, 6.45) is 1.51. The average Bonchev–Trinajstić information content (AvgIpc) is 2.37. The van der Waals surface area contributed by atoms with Crippen LogP contribution in [-0.2, 0) is 0 Å². The number of halogens is 2. The highest BCUT2D eigenvalue weighted by molar-refractivity contribution is 6.31. The highest BCUT2D eigenvalue weighted by Crippen LogP contribution is 2.30. The summed E-state index contributed by atoms with van der Waals surface area (Å²) in [7, 11) is 0. The number of nitrogens with one attached hydrogen (secondary N) is 1. The fourth-order valence-corrected chi connectivity index (χ4v) is 1.75. The number of nitro groups is 1. The molecule has 0 radical (unpaired) electrons. The van der Waals surface area contributed by atoms with E-state index in [1.165, 1.54) is 0 Å². The zero-order chi connectivity index (χ0) is 14.4. The van der Waals surface area contributed by atoms with Gasteiger partial charge in [0, 0.05) is 25.3 Å². The number of rotatable bonds is 7. The number of nitro benzene ring substituents is 1. The number of anilines is 1. The molecule has 1 aromatic carbocycles. The highest BCUT2D eigenvalue weighted by atomic mass is 35.5. The van der Waals surface area contributed by atoms with Crippen molar-refractivity contribution < 1.29 is 14.4 Å². The third-order valence-electron chi connectivity index (χ3n) is 2.74. The van der Waals surface area contributed by atoms with Crippen LogP contribution in [-0.4, -0.2) is 23.2 Å². The molecule has 0 spiro atoms. The van der Waals surface area contributed by atoms with Crippen LogP contribution in [0.4, 0.5) is 15.8 Å². The van der Waals surface area contributed by atoms with Crippen LogP contribution >= 0.6 is 11.6 Å². The number of benzene rings is 1. The summed E-state index contributed by atoms with van der Waals surface area (Å²) in [5, 5.41) is 22.2. The maximum atomic E-state index is 13.3. The molecular formula is C12H16ClFN2O3. The standard InChI is InChI=1S/C12H16ClFN2O3/c1-8(7-17)3-2-4-15-11-6-10(14)9(13)5-12(11)16(18)19/h5-6,8,15,17H,2-4,7H2,1H3. The van der Waals surface area contributed by atoms with E-state index in [0.717, 1.165) is 25.0 Å². The third-order valence-corrected chi connectivity index (χ3v) is 3.03. The van der Waals surface area contributed by atoms with E-state index in [-0.39, 0.29) is 28.9 Å². The van der Waals surface area contributed by atoms with Crippen molar-refractivity contribution in [1.82, 2.24) is 0 Å². The van der Waals surface area contributed by atoms with Crippen LogP contribution in [0.25, 0.3) is 0 Å². The molecule has 0 amide bonds. The number of nitrogens with zero attached hydrogens (tertiary/aromatic N) is 1. The van der Waals surface area contributed by atoms with Gasteiger partial charge in [-0.15, -0.1) is 0 Å². The van der Waals surface area contributed by atoms with Crippen LogP contribution in [0, 0.1) is 21.8 Å². The Kier molecular flexibility index (Phi) is 5.98. The normalized spacial score (nSPS) is 12.2. The van der Waals surface area contributed by atoms with Crippen LogP contribution in [0.2, 0.25) is 5.02 Å². The molecule has 7 heteroatoms. The summed E-state index contributed by atoms with van der Waals surface area (Å²) in [5.41, 5.74) is -0.134. The van der Waals surface area contributed by atoms with Gasteiger partial charge in [0.05, 0.1) is 9.95 Å². The summed E-state index contributed by atoms with van der Waals surface area (Å²) < 4.78 is 13.3. The van der Waals surface area contributed by atoms with Crippen molar-refractivity contribution in [2.45, 2.75) is 19.8 Å². The van der Waals surface area contributed by atoms with Crippen molar-refractivity contribution in [2.75, 3.05) is 18.5 Å². The largest absolute Gasteiger partial charge is 0.396 e. The van der Waals surface area contributed by atoms with Gasteiger partial charge in [-0.25, -0.2) is 4.39 Å². The van der Waals surface area contributed by atoms with Gasteiger partial charge in [0.15, 0.2) is 0 Å². The Bertz CT molecular complexity index is 457. The van der Waals surface area contributed by atoms with Gasteiger partial charge < -0.3 is 10.4 Å². The fraction of sp³-hybridized carbons (Fsp3) is 0.500. The van der Waals surface area contributed by atoms with E-state index in [1.807, 2.05) is 6.92 Å². The van der Waals surface area contributed by atoms with E-state index in [9.17, 15) is 14.5 Å². The van der Waals surface area contributed by atoms with Crippen molar-refractivity contribution in [3.05, 3.63) is 33.1 Å². The molecule has 0 bridgehead atoms. The molecule has 106 valence electrons. The van der Waals surface area contributed by atoms with Gasteiger partial charge in [-0.05, 0) is 18.8 Å². The average molecular weight is 291 g/mol. The lowest BCUT2D eigenvalue weighted by Crippen LogP contribution is -2.08. The van der Waals surface area contributed by atoms with Crippen molar-refractivity contribution in [2.24, 2.45) is 5.92 Å². The van der Waals surface area contributed by atoms with Crippen LogP contribution in [0.1, 0.15) is 19.8 Å². The maximum absolute atomic E-state index is 13.3. The highest BCUT2D eigenvalue weighted by Gasteiger charge is 2.17. The first-order valence-corrected chi connectivity index (χ1v) is 6.31. The first-order valence-electron chi connectivity index (χ1n) is 5.94. The van der Waals surface area contributed by atoms with Crippen molar-refractivity contribution in [3.63, 3.8) is 0 Å². The minimum Gasteiger partial charge on any atom is -0.396 e. The van der Waals surface area contributed by atoms with Gasteiger partial charge in [0.25, 0.3) is 5.69 Å². The van der Waals surface area contributed by atoms with E-state index in [1.54, 1.807) is 0 Å². The quantitative estimate of drug-likeness (QED) is 0.459. The van der Waals surface area contributed by atoms with Gasteiger partial charge in [0.1, 0.15) is 11.5 Å². The van der Waals surface area contributed by atoms with Crippen LogP contribution in [0.5, 0.6) is 0 Å². The molecule has 0 aliphatic heterocycles. The summed E-state index contributed by atoms with van der Waals surface area (Å²) in [4.78, 5) is 10.2. The third kappa shape index (κ3) is 4.65. The molecule has 2 N–H and O–H groups in total. The van der Waals surface area contributed by atoms with E-state index in [0.29, 0.717) is 6.54 Å². The van der Waals surface area contributed by atoms with E-state index >= 15 is 0 Å². The van der Waals surface area contributed by atoms with Crippen LogP contribution < -0.4 is 5.32 Å². The first kappa shape index (κ1) is 15.7. The van der Waals surface area contributed by atoms with Gasteiger partial charge >= 0.3 is 0 Å². The maximum Gasteiger partial charge on any atom is 0.294 e. The molecule has 1 unspecified atom stereocenters. The minimum atomic E-state index is -0.696. The second kappa shape index (κ2) is 7.25. The molecule has 5 nitrogen and oxygen atoms in total. The van der Waals surface area contributed by atoms with Crippen molar-refractivity contribution in [1.29, 1.82) is 0 Å². The monoisotopic (exact) mass is 290 g/mol. The summed E-state index contributed by atoms with van der Waals surface area (Å²) >= 11 is 5.52. The van der Waals surface area contributed by atoms with Crippen molar-refractivity contribution >= 4 is 23.0 Å². The Morgan fingerprint density at radius 1 is 1.58 bits per heavy atom. The molecule has 0 aliphatic carbocycles. The van der Waals surface area contributed by atoms with Gasteiger partial charge in [-0.2, -0.15) is 0 Å². The predicted octanol–water partition coefficient (Wildman–Crippen LogP) is 3.21. The SMILES string of the molecule is CC(CO)CCCNc1cc(F)c(Cl)cc1[N+](=O)[O-]. The first-order chi connectivity index (χ1) is 8.95. The van der Waals surface area contributed by atoms with Crippen molar-refractivity contribution in [3.8, 4) is 0 Å². The second-order valence-electron chi connectivity index (χ2n) is 4.40. The zero-order valence-corrected chi connectivity index (χ0v) is 11.3. The molecule has 0 aromatic heterocycles. The second-order valence-corrected chi connectivity index (χ2v) is 4.80. The topological polar surface area (TPSA) is 75.4 Å². The molecular weight excluding hydrogens is 275 g/mol. The Labute approximate surface area is 115 Å². The molecule has 1 atom stereocenters. The summed E-state index contributed by atoms with van der Waals surface area (Å²) in [6, 6.07) is 2.02. The van der Waals surface area contributed by atoms with Gasteiger partial charge in [-0.3, -0.25) is 10.1 Å². The minimum absolute atomic E-state index is 0.107. The fourth-order valence-electron chi connectivity index (χ4n) is 1.59. The lowest BCUT2D eigenvalue weighted by atomic mass is 10.1. The Balaban J connectivity index is 2.67. The molecule has 19 heavy (non-hydrogen) atoms. The molecule has 0 heterocycles. The van der Waals surface area contributed by atoms with E-state index in [4.69, 9.17) is 16.7 Å². The van der Waals surface area contributed by atoms with Gasteiger partial charge in [-0.1, -0.05) is 18.5 Å². The summed E-state index contributed by atoms with van der Waals surface area (Å²) in [5.74, 6) is -0.516. The molecule has 1 aromatic rings. The zero-order valence-electron chi connectivity index (χ0n) is 10.5. The predicted molar refractivity (Wildman–Crippen MR) is 72.0 cm³/mol. The molecule has 0 saturated heterocycles. The molecule has 0 fully saturated rings. The number of aliphatic hydroxyl groups excluding tert-OH is 1. The Hall–Kier alpha value is -1.40. The lowest BCUT2D eigenvalue weighted by Gasteiger charge is -2.10. The smallest absolute Gasteiger partial charge is 0.294 e. The van der Waals surface area contributed by atoms with Crippen LogP contribution in [0.15, 0.2) is 12.1 Å². The van der Waals surface area contributed by atoms with E-state index < -0.39 is 10.7 Å². The Morgan fingerprint density at radius 3 is 2.84 bits per heavy atom.